The second-order valence-corrected chi connectivity index (χ2v) is 7.64. The Morgan fingerprint density at radius 3 is 2.58 bits per heavy atom. The van der Waals surface area contributed by atoms with E-state index in [1.807, 2.05) is 24.3 Å². The predicted octanol–water partition coefficient (Wildman–Crippen LogP) is 3.19. The molecule has 1 aromatic carbocycles. The predicted molar refractivity (Wildman–Crippen MR) is 122 cm³/mol. The van der Waals surface area contributed by atoms with Crippen molar-refractivity contribution < 1.29 is 4.52 Å². The van der Waals surface area contributed by atoms with Gasteiger partial charge in [-0.3, -0.25) is 4.79 Å². The average molecular weight is 419 g/mol. The minimum Gasteiger partial charge on any atom is -0.404 e. The summed E-state index contributed by atoms with van der Waals surface area (Å²) in [6, 6.07) is 11.2. The summed E-state index contributed by atoms with van der Waals surface area (Å²) in [6.07, 6.45) is 4.59. The Bertz CT molecular complexity index is 1190. The molecule has 160 valence electrons. The lowest BCUT2D eigenvalue weighted by atomic mass is 9.72. The van der Waals surface area contributed by atoms with E-state index in [0.717, 1.165) is 16.7 Å². The lowest BCUT2D eigenvalue weighted by molar-refractivity contribution is 0.350. The summed E-state index contributed by atoms with van der Waals surface area (Å²) < 4.78 is 5.44. The van der Waals surface area contributed by atoms with Gasteiger partial charge in [0.15, 0.2) is 5.82 Å². The van der Waals surface area contributed by atoms with E-state index in [2.05, 4.69) is 47.5 Å². The van der Waals surface area contributed by atoms with E-state index in [1.54, 1.807) is 24.5 Å². The average Bonchev–Trinajstić information content (AvgIpc) is 3.24. The minimum atomic E-state index is -0.548. The van der Waals surface area contributed by atoms with Crippen LogP contribution in [-0.2, 0) is 5.41 Å². The molecule has 0 aliphatic rings. The zero-order valence-corrected chi connectivity index (χ0v) is 17.8. The molecule has 8 heteroatoms. The quantitative estimate of drug-likeness (QED) is 0.504. The number of rotatable bonds is 7. The number of H-pyrrole nitrogens is 1. The van der Waals surface area contributed by atoms with Crippen LogP contribution in [0.15, 0.2) is 75.5 Å². The largest absolute Gasteiger partial charge is 0.404 e. The molecule has 2 heterocycles. The molecule has 0 bridgehead atoms. The van der Waals surface area contributed by atoms with Gasteiger partial charge in [-0.1, -0.05) is 49.8 Å². The van der Waals surface area contributed by atoms with Gasteiger partial charge in [0.2, 0.25) is 0 Å². The second kappa shape index (κ2) is 8.83. The number of allylic oxidation sites excluding steroid dienone is 1. The summed E-state index contributed by atoms with van der Waals surface area (Å²) in [5.74, 6) is 1.04. The van der Waals surface area contributed by atoms with Crippen molar-refractivity contribution in [3.8, 4) is 11.5 Å². The van der Waals surface area contributed by atoms with Gasteiger partial charge in [-0.15, -0.1) is 0 Å². The summed E-state index contributed by atoms with van der Waals surface area (Å²) >= 11 is 0. The fraction of sp³-hybridized carbons (Fsp3) is 0.217. The molecule has 31 heavy (non-hydrogen) atoms. The van der Waals surface area contributed by atoms with Crippen molar-refractivity contribution in [1.82, 2.24) is 15.1 Å². The Morgan fingerprint density at radius 1 is 1.29 bits per heavy atom. The molecule has 0 spiro atoms. The van der Waals surface area contributed by atoms with Crippen LogP contribution < -0.4 is 17.0 Å². The van der Waals surface area contributed by atoms with Gasteiger partial charge in [0.25, 0.3) is 11.4 Å². The molecule has 8 nitrogen and oxygen atoms in total. The Hall–Kier alpha value is -3.94. The smallest absolute Gasteiger partial charge is 0.263 e. The van der Waals surface area contributed by atoms with Gasteiger partial charge < -0.3 is 21.0 Å². The molecule has 0 radical (unpaired) electrons. The van der Waals surface area contributed by atoms with Crippen LogP contribution in [0.1, 0.15) is 37.7 Å². The highest BCUT2D eigenvalue weighted by molar-refractivity contribution is 6.09. The maximum atomic E-state index is 12.1. The van der Waals surface area contributed by atoms with Gasteiger partial charge in [-0.25, -0.2) is 4.99 Å². The molecule has 3 aromatic rings. The van der Waals surface area contributed by atoms with Crippen LogP contribution in [-0.4, -0.2) is 21.3 Å². The molecule has 0 saturated heterocycles. The highest BCUT2D eigenvalue weighted by Gasteiger charge is 2.37. The molecule has 0 aliphatic carbocycles. The van der Waals surface area contributed by atoms with Gasteiger partial charge in [0.05, 0.1) is 5.41 Å². The Kier molecular flexibility index (Phi) is 6.20. The fourth-order valence-electron chi connectivity index (χ4n) is 3.23. The molecular formula is C23H26N6O2. The monoisotopic (exact) mass is 418 g/mol. The number of benzene rings is 1. The second-order valence-electron chi connectivity index (χ2n) is 7.64. The number of aromatic nitrogens is 3. The summed E-state index contributed by atoms with van der Waals surface area (Å²) in [7, 11) is 0. The molecule has 2 aromatic heterocycles. The molecule has 1 atom stereocenters. The van der Waals surface area contributed by atoms with Crippen molar-refractivity contribution in [3.05, 3.63) is 88.5 Å². The van der Waals surface area contributed by atoms with Crippen LogP contribution in [0.25, 0.3) is 17.0 Å². The number of nitrogens with two attached hydrogens (primary N) is 2. The number of nitrogens with one attached hydrogen (secondary N) is 1. The van der Waals surface area contributed by atoms with E-state index in [1.165, 1.54) is 6.20 Å². The topological polar surface area (TPSA) is 136 Å². The molecule has 0 amide bonds. The molecular weight excluding hydrogens is 392 g/mol. The van der Waals surface area contributed by atoms with Gasteiger partial charge in [0.1, 0.15) is 11.4 Å². The first kappa shape index (κ1) is 21.8. The summed E-state index contributed by atoms with van der Waals surface area (Å²) in [6.45, 7) is 9.78. The third-order valence-corrected chi connectivity index (χ3v) is 5.46. The summed E-state index contributed by atoms with van der Waals surface area (Å²) in [4.78, 5) is 23.3. The van der Waals surface area contributed by atoms with E-state index in [0.29, 0.717) is 11.4 Å². The minimum absolute atomic E-state index is 0.143. The standard InChI is InChI=1S/C23H26N6O2/c1-14(2)23(4,22-28-21(31-29-22)19-6-5-11-26-20(19)30)18-9-7-16(8-10-18)17(12-24)13-27-15(3)25/h5-14H,3,24-25H2,1-2,4H3,(H,26,30)/b17-12+,27-13-. The number of hydrogen-bond donors (Lipinski definition) is 3. The van der Waals surface area contributed by atoms with Crippen molar-refractivity contribution in [2.75, 3.05) is 0 Å². The highest BCUT2D eigenvalue weighted by atomic mass is 16.5. The van der Waals surface area contributed by atoms with Crippen molar-refractivity contribution >= 4 is 11.8 Å². The van der Waals surface area contributed by atoms with Crippen LogP contribution in [0.5, 0.6) is 0 Å². The zero-order chi connectivity index (χ0) is 22.6. The first-order chi connectivity index (χ1) is 14.8. The molecule has 1 unspecified atom stereocenters. The summed E-state index contributed by atoms with van der Waals surface area (Å²) in [5.41, 5.74) is 13.3. The van der Waals surface area contributed by atoms with E-state index in [9.17, 15) is 4.79 Å². The van der Waals surface area contributed by atoms with Crippen molar-refractivity contribution in [2.24, 2.45) is 22.4 Å². The van der Waals surface area contributed by atoms with Crippen molar-refractivity contribution in [2.45, 2.75) is 26.2 Å². The fourth-order valence-corrected chi connectivity index (χ4v) is 3.23. The van der Waals surface area contributed by atoms with Crippen LogP contribution in [0.2, 0.25) is 0 Å². The number of aliphatic imine (C=N–C) groups is 1. The van der Waals surface area contributed by atoms with Crippen LogP contribution in [0, 0.1) is 5.92 Å². The molecule has 0 aliphatic heterocycles. The number of hydrogen-bond acceptors (Lipinski definition) is 7. The molecule has 0 saturated carbocycles. The van der Waals surface area contributed by atoms with Crippen LogP contribution in [0.3, 0.4) is 0 Å². The van der Waals surface area contributed by atoms with Gasteiger partial charge in [-0.05, 0) is 36.1 Å². The van der Waals surface area contributed by atoms with E-state index >= 15 is 0 Å². The first-order valence-electron chi connectivity index (χ1n) is 9.81. The summed E-state index contributed by atoms with van der Waals surface area (Å²) in [5, 5.41) is 4.21. The van der Waals surface area contributed by atoms with E-state index < -0.39 is 5.41 Å². The number of nitrogens with zero attached hydrogens (tertiary/aromatic N) is 3. The molecule has 5 N–H and O–H groups in total. The number of aromatic amines is 1. The zero-order valence-electron chi connectivity index (χ0n) is 17.8. The van der Waals surface area contributed by atoms with Crippen LogP contribution >= 0.6 is 0 Å². The molecule has 3 rings (SSSR count). The van der Waals surface area contributed by atoms with Gasteiger partial charge >= 0.3 is 0 Å². The molecule has 0 fully saturated rings. The normalized spacial score (nSPS) is 14.1. The highest BCUT2D eigenvalue weighted by Crippen LogP contribution is 2.38. The van der Waals surface area contributed by atoms with Crippen molar-refractivity contribution in [1.29, 1.82) is 0 Å². The van der Waals surface area contributed by atoms with Crippen LogP contribution in [0.4, 0.5) is 0 Å². The Morgan fingerprint density at radius 2 is 2.00 bits per heavy atom. The SMILES string of the molecule is C=C(N)/N=C\C(=C/N)c1ccc(C(C)(c2noc(-c3ccc[nH]c3=O)n2)C(C)C)cc1. The Labute approximate surface area is 180 Å². The maximum absolute atomic E-state index is 12.1. The third-order valence-electron chi connectivity index (χ3n) is 5.46. The lowest BCUT2D eigenvalue weighted by Gasteiger charge is -2.31. The third kappa shape index (κ3) is 4.32. The maximum Gasteiger partial charge on any atom is 0.263 e. The Balaban J connectivity index is 2.00. The van der Waals surface area contributed by atoms with Gasteiger partial charge in [0, 0.05) is 24.2 Å². The van der Waals surface area contributed by atoms with Gasteiger partial charge in [-0.2, -0.15) is 4.98 Å². The van der Waals surface area contributed by atoms with E-state index in [4.69, 9.17) is 16.0 Å². The van der Waals surface area contributed by atoms with Crippen molar-refractivity contribution in [3.63, 3.8) is 0 Å². The number of pyridine rings is 1. The van der Waals surface area contributed by atoms with E-state index in [-0.39, 0.29) is 23.2 Å². The lowest BCUT2D eigenvalue weighted by Crippen LogP contribution is -2.31. The first-order valence-corrected chi connectivity index (χ1v) is 9.81.